The first kappa shape index (κ1) is 91.9. The molecule has 16 N–H and O–H groups in total. The summed E-state index contributed by atoms with van der Waals surface area (Å²) in [5, 5.41) is 169. The molecule has 4 amide bonds. The number of carbonyl (C=O) groups is 4. The molecule has 4 aliphatic rings. The van der Waals surface area contributed by atoms with Crippen LogP contribution in [0.2, 0.25) is 0 Å². The second-order valence-electron chi connectivity index (χ2n) is 27.7. The van der Waals surface area contributed by atoms with Crippen molar-refractivity contribution in [1.82, 2.24) is 91.0 Å². The number of hydrogen-bond donors (Lipinski definition) is 16. The van der Waals surface area contributed by atoms with E-state index in [1.54, 1.807) is 18.7 Å². The number of ether oxygens (including phenoxy) is 12. The van der Waals surface area contributed by atoms with Crippen LogP contribution in [0.1, 0.15) is 83.1 Å². The van der Waals surface area contributed by atoms with Crippen LogP contribution in [0.3, 0.4) is 0 Å². The first-order valence-electron chi connectivity index (χ1n) is 37.8. The van der Waals surface area contributed by atoms with Crippen LogP contribution in [0.4, 0.5) is 0 Å². The molecule has 0 spiro atoms. The van der Waals surface area contributed by atoms with Crippen LogP contribution in [0.5, 0.6) is 0 Å². The summed E-state index contributed by atoms with van der Waals surface area (Å²) in [5.74, 6) is -1.94. The Balaban J connectivity index is 0.883. The number of rotatable bonds is 51. The number of unbranched alkanes of at least 4 members (excludes halogenated alkanes) is 1. The van der Waals surface area contributed by atoms with Crippen molar-refractivity contribution in [3.63, 3.8) is 0 Å². The van der Waals surface area contributed by atoms with E-state index >= 15 is 0 Å². The highest BCUT2D eigenvalue weighted by Gasteiger charge is 2.49. The van der Waals surface area contributed by atoms with Crippen LogP contribution < -0.4 is 21.3 Å². The minimum atomic E-state index is -1.46. The van der Waals surface area contributed by atoms with Crippen molar-refractivity contribution in [2.75, 3.05) is 112 Å². The third-order valence-corrected chi connectivity index (χ3v) is 19.0. The molecule has 640 valence electrons. The van der Waals surface area contributed by atoms with Gasteiger partial charge in [-0.15, -0.1) is 20.4 Å². The Kier molecular flexibility index (Phi) is 38.7. The van der Waals surface area contributed by atoms with Gasteiger partial charge in [0.1, 0.15) is 97.4 Å². The van der Waals surface area contributed by atoms with Crippen molar-refractivity contribution < 1.29 is 137 Å². The van der Waals surface area contributed by atoms with Crippen LogP contribution in [-0.2, 0) is 128 Å². The van der Waals surface area contributed by atoms with Crippen molar-refractivity contribution in [3.05, 3.63) is 47.6 Å². The molecule has 8 rings (SSSR count). The fraction of sp³-hybridized carbons (Fsp3) is 0.821. The number of nitrogens with zero attached hydrogens (tertiary/aromatic N) is 14. The smallest absolute Gasteiger partial charge is 0.217 e. The SMILES string of the molecule is CCC(CCCCN(Cc1cn(CCOCCO[C@@H]2O[C@H](CO)[C@H](O)[C@H](O)[C@H]2NC(C)=O)nn1)Cc1cn(CCOCCO[C@@H]2O[C@H](CO)[C@H](O)[C@H](O)[C@H]2NC(C)=O)nn1)N(Cc1cn(CCOCCO[C@@H]2O[C@H](CO)[C@H](O)[C@H](O)[C@H]2NC(C)=O)nn1)Cc1cn(CCOCCO[C@@H]2O[C@H](CO)[C@H](O)[C@H](O)[C@H]2NC(C)=O)nn1. The Morgan fingerprint density at radius 2 is 0.664 bits per heavy atom. The molecule has 21 atom stereocenters. The molecular weight excluding hydrogens is 1500 g/mol. The van der Waals surface area contributed by atoms with Crippen molar-refractivity contribution in [2.45, 2.75) is 241 Å². The Morgan fingerprint density at radius 1 is 0.398 bits per heavy atom. The molecule has 0 saturated carbocycles. The molecule has 0 aromatic carbocycles. The average Bonchev–Trinajstić information content (AvgIpc) is 1.07. The monoisotopic (exact) mass is 1620 g/mol. The number of aliphatic hydroxyl groups excluding tert-OH is 12. The van der Waals surface area contributed by atoms with E-state index in [0.29, 0.717) is 81.7 Å². The molecule has 4 fully saturated rings. The van der Waals surface area contributed by atoms with Gasteiger partial charge in [-0.2, -0.15) is 0 Å². The summed E-state index contributed by atoms with van der Waals surface area (Å²) in [6, 6.07) is -4.43. The van der Waals surface area contributed by atoms with Crippen LogP contribution in [0, 0.1) is 0 Å². The van der Waals surface area contributed by atoms with Crippen molar-refractivity contribution in [1.29, 1.82) is 0 Å². The van der Waals surface area contributed by atoms with Gasteiger partial charge in [0.2, 0.25) is 23.6 Å². The van der Waals surface area contributed by atoms with Gasteiger partial charge in [0.15, 0.2) is 25.2 Å². The number of carbonyl (C=O) groups excluding carboxylic acids is 4. The number of aromatic nitrogens is 12. The molecule has 0 radical (unpaired) electrons. The summed E-state index contributed by atoms with van der Waals surface area (Å²) in [6.07, 6.45) is -10.7. The molecule has 8 heterocycles. The lowest BCUT2D eigenvalue weighted by Gasteiger charge is -2.42. The van der Waals surface area contributed by atoms with Crippen LogP contribution in [0.25, 0.3) is 0 Å². The Labute approximate surface area is 651 Å². The summed E-state index contributed by atoms with van der Waals surface area (Å²) < 4.78 is 75.6. The summed E-state index contributed by atoms with van der Waals surface area (Å²) in [5.41, 5.74) is 2.63. The summed E-state index contributed by atoms with van der Waals surface area (Å²) in [7, 11) is 0. The minimum absolute atomic E-state index is 0.0119. The Morgan fingerprint density at radius 3 is 0.912 bits per heavy atom. The lowest BCUT2D eigenvalue weighted by molar-refractivity contribution is -0.272. The minimum Gasteiger partial charge on any atom is -0.394 e. The predicted molar refractivity (Wildman–Crippen MR) is 380 cm³/mol. The fourth-order valence-electron chi connectivity index (χ4n) is 13.2. The van der Waals surface area contributed by atoms with Gasteiger partial charge < -0.3 is 139 Å². The molecule has 113 heavy (non-hydrogen) atoms. The molecule has 4 aromatic heterocycles. The molecule has 0 bridgehead atoms. The van der Waals surface area contributed by atoms with Gasteiger partial charge in [0.05, 0.1) is 155 Å². The highest BCUT2D eigenvalue weighted by atomic mass is 16.7. The standard InChI is InChI=1S/C67H114N18O28/c1-6-47(81(29-45-33-84(78-74-45)13-17-104-21-25-108-66-54(70-41(4)92)62(100)58(96)50(37-88)112-66)30-46-34-85(79-75-46)14-18-105-22-26-109-67-55(71-42(5)93)63(101)59(97)51(38-89)113-67)9-7-8-10-80(27-43-31-82(76-72-43)11-15-102-19-23-106-64-52(68-39(2)90)60(98)56(94)48(35-86)110-64)28-44-32-83(77-73-44)12-16-103-20-24-107-65-53(69-40(3)91)61(99)57(95)49(36-87)111-65/h31-34,47-67,86-89,94-101H,6-30,35-38H2,1-5H3,(H,68,90)(H,69,91)(H,70,92)(H,71,93)/t47?,48-,49-,50-,51-,52-,53-,54-,55-,56+,57+,58+,59+,60-,61-,62-,63-,64-,65-,66-,67-/m1/s1. The lowest BCUT2D eigenvalue weighted by Crippen LogP contribution is -2.64. The van der Waals surface area contributed by atoms with Crippen molar-refractivity contribution >= 4 is 23.6 Å². The van der Waals surface area contributed by atoms with E-state index in [4.69, 9.17) is 56.8 Å². The third-order valence-electron chi connectivity index (χ3n) is 19.0. The van der Waals surface area contributed by atoms with Crippen LogP contribution in [-0.4, -0.2) is 396 Å². The van der Waals surface area contributed by atoms with E-state index in [1.807, 2.05) is 24.8 Å². The number of aliphatic hydroxyl groups is 12. The van der Waals surface area contributed by atoms with Crippen molar-refractivity contribution in [2.24, 2.45) is 0 Å². The second kappa shape index (κ2) is 47.6. The molecule has 46 heteroatoms. The van der Waals surface area contributed by atoms with Gasteiger partial charge in [-0.25, -0.2) is 18.7 Å². The second-order valence-corrected chi connectivity index (χ2v) is 27.7. The first-order valence-corrected chi connectivity index (χ1v) is 37.8. The maximum atomic E-state index is 11.9. The fourth-order valence-corrected chi connectivity index (χ4v) is 13.2. The van der Waals surface area contributed by atoms with Gasteiger partial charge in [-0.3, -0.25) is 29.0 Å². The number of amides is 4. The normalized spacial score (nSPS) is 28.4. The van der Waals surface area contributed by atoms with E-state index in [2.05, 4.69) is 79.2 Å². The average molecular weight is 1620 g/mol. The molecule has 4 aromatic rings. The summed E-state index contributed by atoms with van der Waals surface area (Å²) >= 11 is 0. The Bertz CT molecular complexity index is 3200. The number of hydrogen-bond acceptors (Lipinski definition) is 38. The molecule has 0 aliphatic carbocycles. The van der Waals surface area contributed by atoms with Crippen LogP contribution >= 0.6 is 0 Å². The Hall–Kier alpha value is -6.60. The maximum absolute atomic E-state index is 11.9. The largest absolute Gasteiger partial charge is 0.394 e. The molecule has 46 nitrogen and oxygen atoms in total. The predicted octanol–water partition coefficient (Wildman–Crippen LogP) is -9.39. The highest BCUT2D eigenvalue weighted by molar-refractivity contribution is 5.74. The number of nitrogens with one attached hydrogen (secondary N) is 4. The van der Waals surface area contributed by atoms with Gasteiger partial charge in [-0.05, 0) is 25.8 Å². The lowest BCUT2D eigenvalue weighted by atomic mass is 9.97. The van der Waals surface area contributed by atoms with E-state index < -0.39 is 173 Å². The topological polar surface area (TPSA) is 599 Å². The van der Waals surface area contributed by atoms with E-state index in [9.17, 15) is 80.5 Å². The zero-order valence-electron chi connectivity index (χ0n) is 64.1. The zero-order chi connectivity index (χ0) is 81.5. The quantitative estimate of drug-likeness (QED) is 0.0183. The molecular formula is C67H114N18O28. The van der Waals surface area contributed by atoms with Gasteiger partial charge in [0.25, 0.3) is 0 Å². The molecule has 4 aliphatic heterocycles. The summed E-state index contributed by atoms with van der Waals surface area (Å²) in [6.45, 7) is 9.06. The van der Waals surface area contributed by atoms with Gasteiger partial charge in [0, 0.05) is 84.7 Å². The van der Waals surface area contributed by atoms with Gasteiger partial charge >= 0.3 is 0 Å². The third kappa shape index (κ3) is 28.6. The molecule has 4 saturated heterocycles. The van der Waals surface area contributed by atoms with Crippen LogP contribution in [0.15, 0.2) is 24.8 Å². The van der Waals surface area contributed by atoms with E-state index in [-0.39, 0.29) is 85.3 Å². The van der Waals surface area contributed by atoms with E-state index in [0.717, 1.165) is 25.7 Å². The maximum Gasteiger partial charge on any atom is 0.217 e. The van der Waals surface area contributed by atoms with Crippen molar-refractivity contribution in [3.8, 4) is 0 Å². The summed E-state index contributed by atoms with van der Waals surface area (Å²) in [4.78, 5) is 52.0. The van der Waals surface area contributed by atoms with Gasteiger partial charge in [-0.1, -0.05) is 34.2 Å². The van der Waals surface area contributed by atoms with E-state index in [1.165, 1.54) is 27.7 Å². The highest BCUT2D eigenvalue weighted by Crippen LogP contribution is 2.27. The molecule has 1 unspecified atom stereocenters. The zero-order valence-corrected chi connectivity index (χ0v) is 64.1. The first-order chi connectivity index (χ1) is 54.4.